The van der Waals surface area contributed by atoms with Crippen LogP contribution in [0.15, 0.2) is 0 Å². The van der Waals surface area contributed by atoms with Gasteiger partial charge < -0.3 is 19.9 Å². The molecule has 0 fully saturated rings. The zero-order valence-corrected chi connectivity index (χ0v) is 9.86. The summed E-state index contributed by atoms with van der Waals surface area (Å²) in [7, 11) is 2.96. The Kier molecular flexibility index (Phi) is 7.49. The van der Waals surface area contributed by atoms with Gasteiger partial charge in [-0.1, -0.05) is 6.92 Å². The number of hydrogen-bond donors (Lipinski definition) is 2. The molecule has 1 amide bonds. The molecule has 1 atom stereocenters. The molecular formula is C10H19NO5. The maximum atomic E-state index is 11.4. The predicted molar refractivity (Wildman–Crippen MR) is 56.8 cm³/mol. The molecule has 0 saturated heterocycles. The summed E-state index contributed by atoms with van der Waals surface area (Å²) in [6, 6.07) is 0. The third-order valence-electron chi connectivity index (χ3n) is 2.05. The van der Waals surface area contributed by atoms with E-state index < -0.39 is 12.3 Å². The number of rotatable bonds is 8. The van der Waals surface area contributed by atoms with E-state index in [1.807, 2.05) is 0 Å². The number of methoxy groups -OCH3 is 2. The van der Waals surface area contributed by atoms with Crippen LogP contribution in [0.5, 0.6) is 0 Å². The molecule has 0 aliphatic rings. The normalized spacial score (nSPS) is 12.5. The molecule has 1 unspecified atom stereocenters. The maximum absolute atomic E-state index is 11.4. The molecule has 0 aliphatic heterocycles. The van der Waals surface area contributed by atoms with Crippen molar-refractivity contribution in [3.8, 4) is 0 Å². The van der Waals surface area contributed by atoms with Crippen LogP contribution in [0.2, 0.25) is 0 Å². The van der Waals surface area contributed by atoms with Crippen molar-refractivity contribution < 1.29 is 24.2 Å². The standard InChI is InChI=1S/C10H19NO5/c1-7(5-9(13)14)4-8(12)11-6-10(15-2)16-3/h7,10H,4-6H2,1-3H3,(H,11,12)(H,13,14). The van der Waals surface area contributed by atoms with Crippen molar-refractivity contribution in [3.05, 3.63) is 0 Å². The molecule has 0 radical (unpaired) electrons. The van der Waals surface area contributed by atoms with E-state index in [9.17, 15) is 9.59 Å². The number of ether oxygens (including phenoxy) is 2. The van der Waals surface area contributed by atoms with Gasteiger partial charge in [0.05, 0.1) is 6.54 Å². The summed E-state index contributed by atoms with van der Waals surface area (Å²) in [6.45, 7) is 1.98. The monoisotopic (exact) mass is 233 g/mol. The van der Waals surface area contributed by atoms with Gasteiger partial charge in [0.2, 0.25) is 5.91 Å². The third kappa shape index (κ3) is 7.19. The van der Waals surface area contributed by atoms with Gasteiger partial charge in [0, 0.05) is 27.1 Å². The van der Waals surface area contributed by atoms with Gasteiger partial charge in [-0.15, -0.1) is 0 Å². The molecule has 0 aliphatic carbocycles. The van der Waals surface area contributed by atoms with E-state index in [2.05, 4.69) is 5.32 Å². The minimum atomic E-state index is -0.896. The Morgan fingerprint density at radius 3 is 2.25 bits per heavy atom. The lowest BCUT2D eigenvalue weighted by molar-refractivity contribution is -0.138. The van der Waals surface area contributed by atoms with Crippen molar-refractivity contribution in [2.45, 2.75) is 26.1 Å². The molecule has 2 N–H and O–H groups in total. The number of aliphatic carboxylic acids is 1. The average Bonchev–Trinajstić information content (AvgIpc) is 2.17. The Morgan fingerprint density at radius 1 is 1.25 bits per heavy atom. The van der Waals surface area contributed by atoms with Gasteiger partial charge >= 0.3 is 5.97 Å². The molecule has 0 bridgehead atoms. The van der Waals surface area contributed by atoms with E-state index in [0.29, 0.717) is 0 Å². The van der Waals surface area contributed by atoms with Crippen LogP contribution >= 0.6 is 0 Å². The number of hydrogen-bond acceptors (Lipinski definition) is 4. The second kappa shape index (κ2) is 8.06. The Bertz CT molecular complexity index is 227. The maximum Gasteiger partial charge on any atom is 0.303 e. The highest BCUT2D eigenvalue weighted by molar-refractivity contribution is 5.77. The second-order valence-electron chi connectivity index (χ2n) is 3.61. The zero-order valence-electron chi connectivity index (χ0n) is 9.86. The molecule has 0 saturated carbocycles. The fourth-order valence-corrected chi connectivity index (χ4v) is 1.22. The lowest BCUT2D eigenvalue weighted by Gasteiger charge is -2.15. The predicted octanol–water partition coefficient (Wildman–Crippen LogP) is 0.222. The van der Waals surface area contributed by atoms with Gasteiger partial charge in [-0.3, -0.25) is 9.59 Å². The molecule has 6 nitrogen and oxygen atoms in total. The first kappa shape index (κ1) is 14.9. The first-order chi connectivity index (χ1) is 7.49. The number of carboxylic acids is 1. The van der Waals surface area contributed by atoms with Crippen molar-refractivity contribution in [2.75, 3.05) is 20.8 Å². The summed E-state index contributed by atoms with van der Waals surface area (Å²) in [4.78, 5) is 21.7. The lowest BCUT2D eigenvalue weighted by atomic mass is 10.0. The van der Waals surface area contributed by atoms with Crippen molar-refractivity contribution in [3.63, 3.8) is 0 Å². The van der Waals surface area contributed by atoms with E-state index >= 15 is 0 Å². The van der Waals surface area contributed by atoms with Crippen molar-refractivity contribution in [1.29, 1.82) is 0 Å². The van der Waals surface area contributed by atoms with Crippen molar-refractivity contribution in [1.82, 2.24) is 5.32 Å². The topological polar surface area (TPSA) is 84.9 Å². The number of carbonyl (C=O) groups is 2. The number of carboxylic acid groups (broad SMARTS) is 1. The van der Waals surface area contributed by atoms with E-state index in [0.717, 1.165) is 0 Å². The van der Waals surface area contributed by atoms with Gasteiger partial charge in [0.1, 0.15) is 0 Å². The van der Waals surface area contributed by atoms with E-state index in [1.165, 1.54) is 14.2 Å². The summed E-state index contributed by atoms with van der Waals surface area (Å²) >= 11 is 0. The highest BCUT2D eigenvalue weighted by Gasteiger charge is 2.13. The molecular weight excluding hydrogens is 214 g/mol. The molecule has 6 heteroatoms. The van der Waals surface area contributed by atoms with Crippen LogP contribution in [-0.4, -0.2) is 44.0 Å². The number of nitrogens with one attached hydrogen (secondary N) is 1. The van der Waals surface area contributed by atoms with Crippen LogP contribution in [0, 0.1) is 5.92 Å². The highest BCUT2D eigenvalue weighted by Crippen LogP contribution is 2.06. The lowest BCUT2D eigenvalue weighted by Crippen LogP contribution is -2.34. The average molecular weight is 233 g/mol. The largest absolute Gasteiger partial charge is 0.481 e. The van der Waals surface area contributed by atoms with Crippen LogP contribution in [0.25, 0.3) is 0 Å². The van der Waals surface area contributed by atoms with Crippen LogP contribution in [-0.2, 0) is 19.1 Å². The van der Waals surface area contributed by atoms with Crippen LogP contribution in [0.1, 0.15) is 19.8 Å². The summed E-state index contributed by atoms with van der Waals surface area (Å²) < 4.78 is 9.78. The van der Waals surface area contributed by atoms with E-state index in [4.69, 9.17) is 14.6 Å². The van der Waals surface area contributed by atoms with Gasteiger partial charge in [0.15, 0.2) is 6.29 Å². The third-order valence-corrected chi connectivity index (χ3v) is 2.05. The molecule has 0 aromatic carbocycles. The first-order valence-corrected chi connectivity index (χ1v) is 5.03. The molecule has 0 aromatic rings. The van der Waals surface area contributed by atoms with Gasteiger partial charge in [-0.25, -0.2) is 0 Å². The minimum absolute atomic E-state index is 0.00853. The van der Waals surface area contributed by atoms with Crippen LogP contribution < -0.4 is 5.32 Å². The Hall–Kier alpha value is -1.14. The van der Waals surface area contributed by atoms with Crippen molar-refractivity contribution in [2.24, 2.45) is 5.92 Å². The summed E-state index contributed by atoms with van der Waals surface area (Å²) in [5.41, 5.74) is 0. The number of amides is 1. The van der Waals surface area contributed by atoms with Gasteiger partial charge in [-0.2, -0.15) is 0 Å². The molecule has 16 heavy (non-hydrogen) atoms. The van der Waals surface area contributed by atoms with Crippen LogP contribution in [0.3, 0.4) is 0 Å². The summed E-state index contributed by atoms with van der Waals surface area (Å²) in [6.07, 6.45) is -0.295. The Morgan fingerprint density at radius 2 is 1.81 bits per heavy atom. The molecule has 0 rings (SSSR count). The van der Waals surface area contributed by atoms with Gasteiger partial charge in [0.25, 0.3) is 0 Å². The second-order valence-corrected chi connectivity index (χ2v) is 3.61. The first-order valence-electron chi connectivity index (χ1n) is 5.03. The quantitative estimate of drug-likeness (QED) is 0.586. The van der Waals surface area contributed by atoms with E-state index in [1.54, 1.807) is 6.92 Å². The summed E-state index contributed by atoms with van der Waals surface area (Å²) in [5, 5.41) is 11.1. The fraction of sp³-hybridized carbons (Fsp3) is 0.800. The highest BCUT2D eigenvalue weighted by atomic mass is 16.7. The van der Waals surface area contributed by atoms with Gasteiger partial charge in [-0.05, 0) is 5.92 Å². The van der Waals surface area contributed by atoms with Crippen molar-refractivity contribution >= 4 is 11.9 Å². The number of carbonyl (C=O) groups excluding carboxylic acids is 1. The molecule has 0 spiro atoms. The molecule has 94 valence electrons. The minimum Gasteiger partial charge on any atom is -0.481 e. The van der Waals surface area contributed by atoms with Crippen LogP contribution in [0.4, 0.5) is 0 Å². The Balaban J connectivity index is 3.77. The Labute approximate surface area is 94.9 Å². The SMILES string of the molecule is COC(CNC(=O)CC(C)CC(=O)O)OC. The summed E-state index contributed by atoms with van der Waals surface area (Å²) in [5.74, 6) is -1.28. The smallest absolute Gasteiger partial charge is 0.303 e. The molecule has 0 heterocycles. The molecule has 0 aromatic heterocycles. The zero-order chi connectivity index (χ0) is 12.6. The fourth-order valence-electron chi connectivity index (χ4n) is 1.22. The van der Waals surface area contributed by atoms with E-state index in [-0.39, 0.29) is 31.2 Å².